The summed E-state index contributed by atoms with van der Waals surface area (Å²) in [7, 11) is 0. The Hall–Kier alpha value is -2.41. The van der Waals surface area contributed by atoms with Gasteiger partial charge in [-0.1, -0.05) is 0 Å². The summed E-state index contributed by atoms with van der Waals surface area (Å²) in [6.07, 6.45) is -0.682. The first-order valence-electron chi connectivity index (χ1n) is 6.96. The van der Waals surface area contributed by atoms with Crippen molar-refractivity contribution in [3.05, 3.63) is 29.8 Å². The molecule has 0 aliphatic carbocycles. The Labute approximate surface area is 128 Å². The zero-order valence-corrected chi connectivity index (χ0v) is 12.6. The van der Waals surface area contributed by atoms with Gasteiger partial charge in [0.2, 0.25) is 0 Å². The molecule has 0 aliphatic rings. The van der Waals surface area contributed by atoms with E-state index in [-0.39, 0.29) is 24.8 Å². The second kappa shape index (κ2) is 8.78. The average Bonchev–Trinajstić information content (AvgIpc) is 2.47. The third kappa shape index (κ3) is 5.92. The lowest BCUT2D eigenvalue weighted by molar-refractivity contribution is -0.136. The molecule has 0 heterocycles. The molecule has 1 rings (SSSR count). The SMILES string of the molecule is CCOC(C)C(=O)Nc1ccc(C(=O)NCCC(=O)O)cc1. The summed E-state index contributed by atoms with van der Waals surface area (Å²) in [6.45, 7) is 3.98. The maximum atomic E-state index is 11.8. The van der Waals surface area contributed by atoms with Gasteiger partial charge in [-0.3, -0.25) is 14.4 Å². The molecule has 3 N–H and O–H groups in total. The van der Waals surface area contributed by atoms with Gasteiger partial charge in [0.05, 0.1) is 6.42 Å². The summed E-state index contributed by atoms with van der Waals surface area (Å²) in [5.74, 6) is -1.59. The van der Waals surface area contributed by atoms with Crippen molar-refractivity contribution < 1.29 is 24.2 Å². The Morgan fingerprint density at radius 2 is 1.86 bits per heavy atom. The number of aliphatic carboxylic acids is 1. The number of ether oxygens (including phenoxy) is 1. The van der Waals surface area contributed by atoms with E-state index >= 15 is 0 Å². The Bertz CT molecular complexity index is 527. The minimum absolute atomic E-state index is 0.0680. The zero-order valence-electron chi connectivity index (χ0n) is 12.6. The predicted molar refractivity (Wildman–Crippen MR) is 80.7 cm³/mol. The summed E-state index contributed by atoms with van der Waals surface area (Å²) < 4.78 is 5.18. The van der Waals surface area contributed by atoms with Gasteiger partial charge in [-0.25, -0.2) is 0 Å². The highest BCUT2D eigenvalue weighted by Crippen LogP contribution is 2.10. The number of carbonyl (C=O) groups is 3. The van der Waals surface area contributed by atoms with Crippen LogP contribution in [-0.2, 0) is 14.3 Å². The van der Waals surface area contributed by atoms with Gasteiger partial charge in [-0.15, -0.1) is 0 Å². The van der Waals surface area contributed by atoms with Crippen molar-refractivity contribution in [3.8, 4) is 0 Å². The highest BCUT2D eigenvalue weighted by atomic mass is 16.5. The number of hydrogen-bond donors (Lipinski definition) is 3. The largest absolute Gasteiger partial charge is 0.481 e. The van der Waals surface area contributed by atoms with Crippen LogP contribution in [0.5, 0.6) is 0 Å². The molecule has 1 aromatic rings. The molecule has 0 fully saturated rings. The number of carboxylic acids is 1. The van der Waals surface area contributed by atoms with Crippen LogP contribution in [0.15, 0.2) is 24.3 Å². The fraction of sp³-hybridized carbons (Fsp3) is 0.400. The number of rotatable bonds is 8. The molecular formula is C15H20N2O5. The van der Waals surface area contributed by atoms with E-state index in [1.54, 1.807) is 31.2 Å². The lowest BCUT2D eigenvalue weighted by Crippen LogP contribution is -2.28. The first-order chi connectivity index (χ1) is 10.4. The third-order valence-electron chi connectivity index (χ3n) is 2.82. The molecule has 0 aromatic heterocycles. The van der Waals surface area contributed by atoms with Crippen LogP contribution in [-0.4, -0.2) is 42.1 Å². The van der Waals surface area contributed by atoms with E-state index in [9.17, 15) is 14.4 Å². The summed E-state index contributed by atoms with van der Waals surface area (Å²) >= 11 is 0. The molecule has 0 bridgehead atoms. The van der Waals surface area contributed by atoms with Crippen LogP contribution >= 0.6 is 0 Å². The predicted octanol–water partition coefficient (Wildman–Crippen LogP) is 1.25. The molecule has 7 heteroatoms. The first-order valence-corrected chi connectivity index (χ1v) is 6.96. The van der Waals surface area contributed by atoms with Crippen molar-refractivity contribution in [1.82, 2.24) is 5.32 Å². The molecule has 120 valence electrons. The molecule has 7 nitrogen and oxygen atoms in total. The fourth-order valence-corrected chi connectivity index (χ4v) is 1.66. The van der Waals surface area contributed by atoms with Crippen molar-refractivity contribution in [2.24, 2.45) is 0 Å². The second-order valence-electron chi connectivity index (χ2n) is 4.56. The van der Waals surface area contributed by atoms with E-state index in [1.165, 1.54) is 0 Å². The molecule has 1 aromatic carbocycles. The number of nitrogens with one attached hydrogen (secondary N) is 2. The first kappa shape index (κ1) is 17.6. The standard InChI is InChI=1S/C15H20N2O5/c1-3-22-10(2)14(20)17-12-6-4-11(5-7-12)15(21)16-9-8-13(18)19/h4-7,10H,3,8-9H2,1-2H3,(H,16,21)(H,17,20)(H,18,19). The van der Waals surface area contributed by atoms with Crippen LogP contribution in [0, 0.1) is 0 Å². The van der Waals surface area contributed by atoms with Crippen LogP contribution in [0.4, 0.5) is 5.69 Å². The molecule has 2 amide bonds. The van der Waals surface area contributed by atoms with E-state index in [0.717, 1.165) is 0 Å². The Balaban J connectivity index is 2.53. The normalized spacial score (nSPS) is 11.5. The second-order valence-corrected chi connectivity index (χ2v) is 4.56. The zero-order chi connectivity index (χ0) is 16.5. The van der Waals surface area contributed by atoms with Gasteiger partial charge in [0, 0.05) is 24.4 Å². The van der Waals surface area contributed by atoms with Gasteiger partial charge in [-0.2, -0.15) is 0 Å². The Morgan fingerprint density at radius 1 is 1.23 bits per heavy atom. The molecule has 0 saturated heterocycles. The topological polar surface area (TPSA) is 105 Å². The quantitative estimate of drug-likeness (QED) is 0.670. The van der Waals surface area contributed by atoms with E-state index in [0.29, 0.717) is 17.9 Å². The van der Waals surface area contributed by atoms with Gasteiger partial charge < -0.3 is 20.5 Å². The lowest BCUT2D eigenvalue weighted by Gasteiger charge is -2.12. The van der Waals surface area contributed by atoms with E-state index < -0.39 is 12.1 Å². The highest BCUT2D eigenvalue weighted by Gasteiger charge is 2.13. The van der Waals surface area contributed by atoms with Gasteiger partial charge in [0.15, 0.2) is 0 Å². The fourth-order valence-electron chi connectivity index (χ4n) is 1.66. The molecule has 0 aliphatic heterocycles. The highest BCUT2D eigenvalue weighted by molar-refractivity contribution is 5.96. The van der Waals surface area contributed by atoms with E-state index in [4.69, 9.17) is 9.84 Å². The smallest absolute Gasteiger partial charge is 0.305 e. The van der Waals surface area contributed by atoms with Gasteiger partial charge in [0.1, 0.15) is 6.10 Å². The van der Waals surface area contributed by atoms with Crippen LogP contribution in [0.3, 0.4) is 0 Å². The summed E-state index contributed by atoms with van der Waals surface area (Å²) in [4.78, 5) is 33.9. The van der Waals surface area contributed by atoms with Crippen LogP contribution in [0.2, 0.25) is 0 Å². The number of anilines is 1. The van der Waals surface area contributed by atoms with Crippen molar-refractivity contribution in [1.29, 1.82) is 0 Å². The number of carboxylic acid groups (broad SMARTS) is 1. The molecular weight excluding hydrogens is 288 g/mol. The number of carbonyl (C=O) groups excluding carboxylic acids is 2. The molecule has 22 heavy (non-hydrogen) atoms. The van der Waals surface area contributed by atoms with Crippen LogP contribution in [0.1, 0.15) is 30.6 Å². The minimum atomic E-state index is -0.971. The van der Waals surface area contributed by atoms with Crippen molar-refractivity contribution in [3.63, 3.8) is 0 Å². The monoisotopic (exact) mass is 308 g/mol. The summed E-state index contributed by atoms with van der Waals surface area (Å²) in [5.41, 5.74) is 0.944. The lowest BCUT2D eigenvalue weighted by atomic mass is 10.2. The molecule has 1 atom stereocenters. The summed E-state index contributed by atoms with van der Waals surface area (Å²) in [5, 5.41) is 13.7. The van der Waals surface area contributed by atoms with E-state index in [2.05, 4.69) is 10.6 Å². The van der Waals surface area contributed by atoms with Gasteiger partial charge >= 0.3 is 5.97 Å². The van der Waals surface area contributed by atoms with Crippen LogP contribution in [0.25, 0.3) is 0 Å². The summed E-state index contributed by atoms with van der Waals surface area (Å²) in [6, 6.07) is 6.31. The third-order valence-corrected chi connectivity index (χ3v) is 2.82. The Kier molecular flexibility index (Phi) is 7.04. The van der Waals surface area contributed by atoms with Gasteiger partial charge in [0.25, 0.3) is 11.8 Å². The molecule has 0 saturated carbocycles. The number of benzene rings is 1. The van der Waals surface area contributed by atoms with Crippen molar-refractivity contribution in [2.45, 2.75) is 26.4 Å². The van der Waals surface area contributed by atoms with Gasteiger partial charge in [-0.05, 0) is 38.1 Å². The molecule has 1 unspecified atom stereocenters. The maximum Gasteiger partial charge on any atom is 0.305 e. The average molecular weight is 308 g/mol. The molecule has 0 radical (unpaired) electrons. The van der Waals surface area contributed by atoms with Crippen LogP contribution < -0.4 is 10.6 Å². The van der Waals surface area contributed by atoms with Crippen molar-refractivity contribution in [2.75, 3.05) is 18.5 Å². The minimum Gasteiger partial charge on any atom is -0.481 e. The number of hydrogen-bond acceptors (Lipinski definition) is 4. The Morgan fingerprint density at radius 3 is 2.41 bits per heavy atom. The molecule has 0 spiro atoms. The maximum absolute atomic E-state index is 11.8. The van der Waals surface area contributed by atoms with E-state index in [1.807, 2.05) is 6.92 Å². The number of amides is 2. The van der Waals surface area contributed by atoms with Crippen molar-refractivity contribution >= 4 is 23.5 Å².